The van der Waals surface area contributed by atoms with Crippen LogP contribution in [0.25, 0.3) is 10.9 Å². The molecule has 18 heavy (non-hydrogen) atoms. The Bertz CT molecular complexity index is 523. The molecule has 1 aromatic heterocycles. The van der Waals surface area contributed by atoms with Crippen molar-refractivity contribution in [3.8, 4) is 0 Å². The summed E-state index contributed by atoms with van der Waals surface area (Å²) in [5, 5.41) is 4.56. The lowest BCUT2D eigenvalue weighted by Gasteiger charge is -2.13. The first kappa shape index (κ1) is 13.2. The Hall–Kier alpha value is -1.28. The highest BCUT2D eigenvalue weighted by Gasteiger charge is 2.08. The van der Waals surface area contributed by atoms with Crippen molar-refractivity contribution in [2.24, 2.45) is 0 Å². The zero-order chi connectivity index (χ0) is 13.1. The van der Waals surface area contributed by atoms with Crippen molar-refractivity contribution in [1.29, 1.82) is 0 Å². The van der Waals surface area contributed by atoms with E-state index in [0.717, 1.165) is 13.0 Å². The van der Waals surface area contributed by atoms with Gasteiger partial charge in [-0.05, 0) is 70.3 Å². The summed E-state index contributed by atoms with van der Waals surface area (Å²) in [7, 11) is 2.01. The summed E-state index contributed by atoms with van der Waals surface area (Å²) in [5.74, 6) is 0. The Morgan fingerprint density at radius 3 is 2.67 bits per heavy atom. The Labute approximate surface area is 110 Å². The first-order valence-electron chi connectivity index (χ1n) is 6.88. The van der Waals surface area contributed by atoms with Crippen molar-refractivity contribution in [2.45, 2.75) is 39.7 Å². The van der Waals surface area contributed by atoms with E-state index in [9.17, 15) is 0 Å². The number of fused-ring (bicyclic) bond motifs is 1. The fourth-order valence-corrected chi connectivity index (χ4v) is 2.71. The molecular weight excluding hydrogens is 220 g/mol. The predicted octanol–water partition coefficient (Wildman–Crippen LogP) is 3.68. The molecule has 0 aliphatic heterocycles. The summed E-state index contributed by atoms with van der Waals surface area (Å²) in [6, 6.07) is 9.69. The van der Waals surface area contributed by atoms with Gasteiger partial charge in [0.15, 0.2) is 0 Å². The van der Waals surface area contributed by atoms with Gasteiger partial charge in [0.25, 0.3) is 0 Å². The number of nitrogens with one attached hydrogen (secondary N) is 1. The van der Waals surface area contributed by atoms with E-state index in [1.165, 1.54) is 28.6 Å². The van der Waals surface area contributed by atoms with Crippen LogP contribution in [0.2, 0.25) is 0 Å². The summed E-state index contributed by atoms with van der Waals surface area (Å²) in [6.07, 6.45) is 2.35. The molecule has 0 atom stereocenters. The summed E-state index contributed by atoms with van der Waals surface area (Å²) >= 11 is 0. The second-order valence-electron chi connectivity index (χ2n) is 5.35. The van der Waals surface area contributed by atoms with Gasteiger partial charge in [-0.15, -0.1) is 0 Å². The lowest BCUT2D eigenvalue weighted by molar-refractivity contribution is 0.607. The average Bonchev–Trinajstić information content (AvgIpc) is 2.64. The third-order valence-corrected chi connectivity index (χ3v) is 3.51. The van der Waals surface area contributed by atoms with E-state index in [-0.39, 0.29) is 0 Å². The normalized spacial score (nSPS) is 11.6. The number of aryl methyl sites for hydroxylation is 2. The number of rotatable bonds is 5. The molecule has 0 saturated carbocycles. The maximum Gasteiger partial charge on any atom is 0.0487 e. The molecule has 2 heteroatoms. The van der Waals surface area contributed by atoms with Crippen LogP contribution >= 0.6 is 0 Å². The Morgan fingerprint density at radius 1 is 1.22 bits per heavy atom. The molecule has 1 aromatic carbocycles. The molecule has 2 nitrogen and oxygen atoms in total. The molecule has 1 heterocycles. The number of hydrogen-bond donors (Lipinski definition) is 1. The van der Waals surface area contributed by atoms with E-state index < -0.39 is 0 Å². The molecule has 1 N–H and O–H groups in total. The molecule has 2 rings (SSSR count). The van der Waals surface area contributed by atoms with Gasteiger partial charge < -0.3 is 9.88 Å². The van der Waals surface area contributed by atoms with Gasteiger partial charge in [0.1, 0.15) is 0 Å². The Kier molecular flexibility index (Phi) is 4.07. The number of nitrogens with zero attached hydrogens (tertiary/aromatic N) is 1. The molecular formula is C16H24N2. The number of benzene rings is 1. The lowest BCUT2D eigenvalue weighted by atomic mass is 10.1. The zero-order valence-electron chi connectivity index (χ0n) is 12.0. The smallest absolute Gasteiger partial charge is 0.0487 e. The number of aromatic nitrogens is 1. The first-order valence-corrected chi connectivity index (χ1v) is 6.88. The van der Waals surface area contributed by atoms with Crippen LogP contribution in [0.15, 0.2) is 24.3 Å². The minimum atomic E-state index is 0.523. The monoisotopic (exact) mass is 244 g/mol. The van der Waals surface area contributed by atoms with Crippen molar-refractivity contribution in [1.82, 2.24) is 9.88 Å². The van der Waals surface area contributed by atoms with E-state index in [1.807, 2.05) is 7.05 Å². The predicted molar refractivity (Wildman–Crippen MR) is 79.3 cm³/mol. The Balaban J connectivity index is 2.33. The van der Waals surface area contributed by atoms with Crippen LogP contribution in [0.3, 0.4) is 0 Å². The van der Waals surface area contributed by atoms with E-state index in [2.05, 4.69) is 54.9 Å². The topological polar surface area (TPSA) is 17.0 Å². The van der Waals surface area contributed by atoms with Gasteiger partial charge in [0.2, 0.25) is 0 Å². The maximum absolute atomic E-state index is 3.20. The summed E-state index contributed by atoms with van der Waals surface area (Å²) in [6.45, 7) is 7.78. The van der Waals surface area contributed by atoms with Gasteiger partial charge >= 0.3 is 0 Å². The second kappa shape index (κ2) is 5.57. The van der Waals surface area contributed by atoms with Gasteiger partial charge in [-0.3, -0.25) is 0 Å². The second-order valence-corrected chi connectivity index (χ2v) is 5.35. The van der Waals surface area contributed by atoms with Crippen molar-refractivity contribution in [3.05, 3.63) is 35.5 Å². The molecule has 0 saturated heterocycles. The van der Waals surface area contributed by atoms with Crippen LogP contribution in [0, 0.1) is 6.92 Å². The summed E-state index contributed by atoms with van der Waals surface area (Å²) in [4.78, 5) is 0. The molecule has 0 aliphatic carbocycles. The third kappa shape index (κ3) is 2.59. The molecule has 0 unspecified atom stereocenters. The first-order chi connectivity index (χ1) is 8.63. The molecule has 98 valence electrons. The van der Waals surface area contributed by atoms with E-state index >= 15 is 0 Å². The maximum atomic E-state index is 3.20. The largest absolute Gasteiger partial charge is 0.342 e. The lowest BCUT2D eigenvalue weighted by Crippen LogP contribution is -2.08. The van der Waals surface area contributed by atoms with Crippen molar-refractivity contribution < 1.29 is 0 Å². The van der Waals surface area contributed by atoms with Crippen LogP contribution in [0.1, 0.15) is 37.6 Å². The Morgan fingerprint density at radius 2 is 2.00 bits per heavy atom. The molecule has 0 radical (unpaired) electrons. The van der Waals surface area contributed by atoms with Gasteiger partial charge in [-0.25, -0.2) is 0 Å². The van der Waals surface area contributed by atoms with Crippen LogP contribution in [-0.4, -0.2) is 18.2 Å². The minimum Gasteiger partial charge on any atom is -0.342 e. The highest BCUT2D eigenvalue weighted by Crippen LogP contribution is 2.25. The zero-order valence-corrected chi connectivity index (χ0v) is 12.0. The highest BCUT2D eigenvalue weighted by molar-refractivity contribution is 5.82. The van der Waals surface area contributed by atoms with Crippen LogP contribution in [-0.2, 0) is 6.42 Å². The average molecular weight is 244 g/mol. The minimum absolute atomic E-state index is 0.523. The van der Waals surface area contributed by atoms with Crippen molar-refractivity contribution in [2.75, 3.05) is 13.6 Å². The molecule has 0 fully saturated rings. The molecule has 0 amide bonds. The fourth-order valence-electron chi connectivity index (χ4n) is 2.71. The van der Waals surface area contributed by atoms with Gasteiger partial charge in [-0.2, -0.15) is 0 Å². The standard InChI is InChI=1S/C16H24N2/c1-12(2)18-13(3)10-15-8-7-14(11-16(15)18)6-5-9-17-4/h7-8,10-12,17H,5-6,9H2,1-4H3. The summed E-state index contributed by atoms with van der Waals surface area (Å²) in [5.41, 5.74) is 4.18. The van der Waals surface area contributed by atoms with Crippen LogP contribution in [0.4, 0.5) is 0 Å². The van der Waals surface area contributed by atoms with E-state index in [0.29, 0.717) is 6.04 Å². The van der Waals surface area contributed by atoms with Crippen molar-refractivity contribution in [3.63, 3.8) is 0 Å². The van der Waals surface area contributed by atoms with Crippen LogP contribution in [0.5, 0.6) is 0 Å². The molecule has 0 aliphatic rings. The van der Waals surface area contributed by atoms with E-state index in [1.54, 1.807) is 0 Å². The molecule has 0 spiro atoms. The highest BCUT2D eigenvalue weighted by atomic mass is 15.0. The van der Waals surface area contributed by atoms with Crippen LogP contribution < -0.4 is 5.32 Å². The van der Waals surface area contributed by atoms with Gasteiger partial charge in [-0.1, -0.05) is 12.1 Å². The quantitative estimate of drug-likeness (QED) is 0.794. The molecule has 0 bridgehead atoms. The fraction of sp³-hybridized carbons (Fsp3) is 0.500. The SMILES string of the molecule is CNCCCc1ccc2cc(C)n(C(C)C)c2c1. The number of hydrogen-bond acceptors (Lipinski definition) is 1. The van der Waals surface area contributed by atoms with Crippen molar-refractivity contribution >= 4 is 10.9 Å². The third-order valence-electron chi connectivity index (χ3n) is 3.51. The van der Waals surface area contributed by atoms with Gasteiger partial charge in [0.05, 0.1) is 0 Å². The van der Waals surface area contributed by atoms with E-state index in [4.69, 9.17) is 0 Å². The summed E-state index contributed by atoms with van der Waals surface area (Å²) < 4.78 is 2.43. The van der Waals surface area contributed by atoms with Gasteiger partial charge in [0, 0.05) is 17.3 Å². The molecule has 2 aromatic rings.